The molecular weight excluding hydrogens is 272 g/mol. The highest BCUT2D eigenvalue weighted by molar-refractivity contribution is 7.09. The fraction of sp³-hybridized carbons (Fsp3) is 0.267. The third-order valence-electron chi connectivity index (χ3n) is 2.87. The minimum Gasteiger partial charge on any atom is -0.496 e. The lowest BCUT2D eigenvalue weighted by Crippen LogP contribution is -2.36. The van der Waals surface area contributed by atoms with Crippen molar-refractivity contribution in [3.8, 4) is 5.75 Å². The van der Waals surface area contributed by atoms with Gasteiger partial charge in [-0.1, -0.05) is 24.3 Å². The van der Waals surface area contributed by atoms with Crippen molar-refractivity contribution < 1.29 is 9.53 Å². The molecule has 1 aromatic carbocycles. The molecule has 2 amide bonds. The number of carbonyl (C=O) groups is 1. The molecule has 0 saturated carbocycles. The average Bonchev–Trinajstić information content (AvgIpc) is 2.98. The monoisotopic (exact) mass is 290 g/mol. The van der Waals surface area contributed by atoms with Gasteiger partial charge in [0.1, 0.15) is 5.75 Å². The third kappa shape index (κ3) is 4.28. The molecule has 0 bridgehead atoms. The number of hydrogen-bond donors (Lipinski definition) is 2. The van der Waals surface area contributed by atoms with Crippen LogP contribution in [0.5, 0.6) is 5.75 Å². The molecule has 2 rings (SSSR count). The van der Waals surface area contributed by atoms with E-state index in [1.165, 1.54) is 4.88 Å². The van der Waals surface area contributed by atoms with E-state index in [2.05, 4.69) is 16.7 Å². The Balaban J connectivity index is 1.72. The molecule has 0 unspecified atom stereocenters. The molecular formula is C15H18N2O2S. The molecule has 0 atom stereocenters. The topological polar surface area (TPSA) is 50.4 Å². The van der Waals surface area contributed by atoms with Gasteiger partial charge in [-0.3, -0.25) is 0 Å². The molecule has 1 aromatic heterocycles. The summed E-state index contributed by atoms with van der Waals surface area (Å²) in [6, 6.07) is 11.6. The summed E-state index contributed by atoms with van der Waals surface area (Å²) < 4.78 is 5.24. The first-order valence-electron chi connectivity index (χ1n) is 6.45. The first-order chi connectivity index (χ1) is 9.79. The Hall–Kier alpha value is -2.01. The van der Waals surface area contributed by atoms with Gasteiger partial charge in [0.2, 0.25) is 0 Å². The van der Waals surface area contributed by atoms with Crippen molar-refractivity contribution >= 4 is 17.4 Å². The van der Waals surface area contributed by atoms with Crippen LogP contribution in [0.25, 0.3) is 0 Å². The van der Waals surface area contributed by atoms with Crippen LogP contribution in [0.1, 0.15) is 10.4 Å². The standard InChI is InChI=1S/C15H18N2O2S/c1-19-14-7-3-2-5-12(14)11-17-15(18)16-9-8-13-6-4-10-20-13/h2-7,10H,8-9,11H2,1H3,(H2,16,17,18). The van der Waals surface area contributed by atoms with Gasteiger partial charge in [0.05, 0.1) is 7.11 Å². The van der Waals surface area contributed by atoms with Crippen molar-refractivity contribution in [2.24, 2.45) is 0 Å². The van der Waals surface area contributed by atoms with Gasteiger partial charge in [-0.05, 0) is 23.9 Å². The van der Waals surface area contributed by atoms with Gasteiger partial charge in [-0.2, -0.15) is 0 Å². The summed E-state index contributed by atoms with van der Waals surface area (Å²) in [7, 11) is 1.62. The lowest BCUT2D eigenvalue weighted by Gasteiger charge is -2.10. The van der Waals surface area contributed by atoms with Crippen LogP contribution in [-0.4, -0.2) is 19.7 Å². The minimum atomic E-state index is -0.160. The molecule has 2 N–H and O–H groups in total. The molecule has 0 fully saturated rings. The normalized spacial score (nSPS) is 10.1. The summed E-state index contributed by atoms with van der Waals surface area (Å²) in [6.45, 7) is 1.09. The largest absolute Gasteiger partial charge is 0.496 e. The zero-order chi connectivity index (χ0) is 14.2. The zero-order valence-corrected chi connectivity index (χ0v) is 12.2. The average molecular weight is 290 g/mol. The van der Waals surface area contributed by atoms with Crippen LogP contribution in [0.2, 0.25) is 0 Å². The molecule has 0 aliphatic carbocycles. The van der Waals surface area contributed by atoms with Crippen molar-refractivity contribution in [2.75, 3.05) is 13.7 Å². The second-order valence-electron chi connectivity index (χ2n) is 4.25. The van der Waals surface area contributed by atoms with E-state index in [4.69, 9.17) is 4.74 Å². The van der Waals surface area contributed by atoms with Crippen LogP contribution < -0.4 is 15.4 Å². The van der Waals surface area contributed by atoms with Crippen molar-refractivity contribution in [1.29, 1.82) is 0 Å². The summed E-state index contributed by atoms with van der Waals surface area (Å²) in [6.07, 6.45) is 0.861. The number of amides is 2. The smallest absolute Gasteiger partial charge is 0.315 e. The maximum Gasteiger partial charge on any atom is 0.315 e. The van der Waals surface area contributed by atoms with Gasteiger partial charge >= 0.3 is 6.03 Å². The summed E-state index contributed by atoms with van der Waals surface area (Å²) in [5.41, 5.74) is 0.961. The van der Waals surface area contributed by atoms with E-state index in [9.17, 15) is 4.79 Å². The molecule has 0 spiro atoms. The maximum absolute atomic E-state index is 11.7. The highest BCUT2D eigenvalue weighted by Gasteiger charge is 2.04. The molecule has 5 heteroatoms. The molecule has 106 valence electrons. The molecule has 1 heterocycles. The Bertz CT molecular complexity index is 541. The van der Waals surface area contributed by atoms with Crippen LogP contribution in [0.3, 0.4) is 0 Å². The van der Waals surface area contributed by atoms with Crippen LogP contribution in [0, 0.1) is 0 Å². The highest BCUT2D eigenvalue weighted by atomic mass is 32.1. The number of thiophene rings is 1. The van der Waals surface area contributed by atoms with E-state index in [0.29, 0.717) is 13.1 Å². The van der Waals surface area contributed by atoms with Gasteiger partial charge in [-0.25, -0.2) is 4.79 Å². The number of para-hydroxylation sites is 1. The molecule has 0 saturated heterocycles. The number of nitrogens with one attached hydrogen (secondary N) is 2. The fourth-order valence-corrected chi connectivity index (χ4v) is 2.55. The van der Waals surface area contributed by atoms with E-state index >= 15 is 0 Å². The summed E-state index contributed by atoms with van der Waals surface area (Å²) in [4.78, 5) is 13.0. The van der Waals surface area contributed by atoms with Crippen molar-refractivity contribution in [3.63, 3.8) is 0 Å². The number of methoxy groups -OCH3 is 1. The second kappa shape index (κ2) is 7.55. The van der Waals surface area contributed by atoms with Gasteiger partial charge < -0.3 is 15.4 Å². The predicted octanol–water partition coefficient (Wildman–Crippen LogP) is 2.80. The first kappa shape index (κ1) is 14.4. The van der Waals surface area contributed by atoms with Crippen molar-refractivity contribution in [1.82, 2.24) is 10.6 Å². The quantitative estimate of drug-likeness (QED) is 0.859. The maximum atomic E-state index is 11.7. The number of carbonyl (C=O) groups excluding carboxylic acids is 1. The van der Waals surface area contributed by atoms with Crippen molar-refractivity contribution in [2.45, 2.75) is 13.0 Å². The first-order valence-corrected chi connectivity index (χ1v) is 7.33. The van der Waals surface area contributed by atoms with Gasteiger partial charge in [0.15, 0.2) is 0 Å². The van der Waals surface area contributed by atoms with Crippen LogP contribution in [-0.2, 0) is 13.0 Å². The minimum absolute atomic E-state index is 0.160. The summed E-state index contributed by atoms with van der Waals surface area (Å²) in [5.74, 6) is 0.784. The Morgan fingerprint density at radius 2 is 2.05 bits per heavy atom. The number of ether oxygens (including phenoxy) is 1. The van der Waals surface area contributed by atoms with Crippen molar-refractivity contribution in [3.05, 3.63) is 52.2 Å². The van der Waals surface area contributed by atoms with Crippen LogP contribution >= 0.6 is 11.3 Å². The molecule has 2 aromatic rings. The zero-order valence-electron chi connectivity index (χ0n) is 11.4. The third-order valence-corrected chi connectivity index (χ3v) is 3.81. The Morgan fingerprint density at radius 3 is 2.80 bits per heavy atom. The van der Waals surface area contributed by atoms with Gasteiger partial charge in [-0.15, -0.1) is 11.3 Å². The Morgan fingerprint density at radius 1 is 1.20 bits per heavy atom. The summed E-state index contributed by atoms with van der Waals surface area (Å²) >= 11 is 1.70. The summed E-state index contributed by atoms with van der Waals surface area (Å²) in [5, 5.41) is 7.71. The van der Waals surface area contributed by atoms with E-state index in [1.54, 1.807) is 18.4 Å². The lowest BCUT2D eigenvalue weighted by atomic mass is 10.2. The number of urea groups is 1. The SMILES string of the molecule is COc1ccccc1CNC(=O)NCCc1cccs1. The van der Waals surface area contributed by atoms with Gasteiger partial charge in [0.25, 0.3) is 0 Å². The Labute approximate surface area is 122 Å². The van der Waals surface area contributed by atoms with Crippen LogP contribution in [0.15, 0.2) is 41.8 Å². The number of benzene rings is 1. The Kier molecular flexibility index (Phi) is 5.43. The fourth-order valence-electron chi connectivity index (χ4n) is 1.84. The molecule has 0 aliphatic rings. The van der Waals surface area contributed by atoms with E-state index in [1.807, 2.05) is 35.7 Å². The van der Waals surface area contributed by atoms with E-state index in [-0.39, 0.29) is 6.03 Å². The lowest BCUT2D eigenvalue weighted by molar-refractivity contribution is 0.240. The second-order valence-corrected chi connectivity index (χ2v) is 5.28. The number of hydrogen-bond acceptors (Lipinski definition) is 3. The molecule has 0 aliphatic heterocycles. The number of rotatable bonds is 6. The van der Waals surface area contributed by atoms with E-state index < -0.39 is 0 Å². The van der Waals surface area contributed by atoms with E-state index in [0.717, 1.165) is 17.7 Å². The van der Waals surface area contributed by atoms with Crippen LogP contribution in [0.4, 0.5) is 4.79 Å². The molecule has 0 radical (unpaired) electrons. The van der Waals surface area contributed by atoms with Gasteiger partial charge in [0, 0.05) is 23.5 Å². The molecule has 20 heavy (non-hydrogen) atoms. The predicted molar refractivity (Wildman–Crippen MR) is 81.3 cm³/mol. The highest BCUT2D eigenvalue weighted by Crippen LogP contribution is 2.16. The molecule has 4 nitrogen and oxygen atoms in total.